The normalized spacial score (nSPS) is 14.0. The molecule has 0 aliphatic rings. The van der Waals surface area contributed by atoms with E-state index in [2.05, 4.69) is 13.8 Å². The molecule has 1 aromatic carbocycles. The summed E-state index contributed by atoms with van der Waals surface area (Å²) in [5, 5.41) is 11.6. The van der Waals surface area contributed by atoms with Gasteiger partial charge >= 0.3 is 5.63 Å². The Balaban J connectivity index is 1.76. The predicted octanol–water partition coefficient (Wildman–Crippen LogP) is 5.05. The Bertz CT molecular complexity index is 1020. The fraction of sp³-hybridized carbons (Fsp3) is 0.409. The molecule has 27 heavy (non-hydrogen) atoms. The largest absolute Gasteiger partial charge is 0.488 e. The third-order valence-electron chi connectivity index (χ3n) is 5.15. The van der Waals surface area contributed by atoms with Crippen LogP contribution in [0.4, 0.5) is 0 Å². The minimum absolute atomic E-state index is 0.216. The second-order valence-corrected chi connectivity index (χ2v) is 7.66. The van der Waals surface area contributed by atoms with Gasteiger partial charge in [-0.3, -0.25) is 0 Å². The highest BCUT2D eigenvalue weighted by Crippen LogP contribution is 2.35. The van der Waals surface area contributed by atoms with E-state index in [1.165, 1.54) is 11.6 Å². The van der Waals surface area contributed by atoms with Gasteiger partial charge in [0.15, 0.2) is 0 Å². The maximum absolute atomic E-state index is 11.5. The van der Waals surface area contributed by atoms with Crippen LogP contribution in [0.5, 0.6) is 5.75 Å². The van der Waals surface area contributed by atoms with Crippen molar-refractivity contribution in [1.29, 1.82) is 0 Å². The van der Waals surface area contributed by atoms with E-state index >= 15 is 0 Å². The summed E-state index contributed by atoms with van der Waals surface area (Å²) in [5.41, 5.74) is 1.19. The van der Waals surface area contributed by atoms with Gasteiger partial charge in [-0.05, 0) is 57.7 Å². The highest BCUT2D eigenvalue weighted by molar-refractivity contribution is 6.01. The van der Waals surface area contributed by atoms with E-state index in [-0.39, 0.29) is 5.92 Å². The molecule has 0 saturated carbocycles. The van der Waals surface area contributed by atoms with Crippen molar-refractivity contribution < 1.29 is 18.7 Å². The van der Waals surface area contributed by atoms with Crippen LogP contribution in [0.3, 0.4) is 0 Å². The van der Waals surface area contributed by atoms with E-state index in [9.17, 15) is 9.90 Å². The second kappa shape index (κ2) is 7.61. The van der Waals surface area contributed by atoms with Crippen molar-refractivity contribution in [2.45, 2.75) is 46.1 Å². The van der Waals surface area contributed by atoms with Crippen molar-refractivity contribution in [3.8, 4) is 5.75 Å². The molecule has 3 aromatic rings. The minimum atomic E-state index is -0.670. The Hall–Kier alpha value is -2.53. The lowest BCUT2D eigenvalue weighted by molar-refractivity contribution is 0.0215. The number of furan rings is 1. The molecule has 5 heteroatoms. The summed E-state index contributed by atoms with van der Waals surface area (Å²) < 4.78 is 16.7. The van der Waals surface area contributed by atoms with E-state index in [0.29, 0.717) is 23.5 Å². The Morgan fingerprint density at radius 1 is 1.26 bits per heavy atom. The standard InChI is InChI=1S/C22H26O5/c1-14(5-6-15(2)22(3,4)24)9-11-26-21-16-7-8-20(23)27-19(16)13-18-17(21)10-12-25-18/h7-10,12-13,15,24H,5-6,11H2,1-4H3/b14-9+/t15-/m1/s1. The maximum Gasteiger partial charge on any atom is 0.336 e. The SMILES string of the molecule is C/C(=C\COc1c2ccoc2cc2oc(=O)ccc12)CC[C@@H](C)C(C)(C)O. The van der Waals surface area contributed by atoms with Gasteiger partial charge in [0, 0.05) is 12.1 Å². The monoisotopic (exact) mass is 370 g/mol. The van der Waals surface area contributed by atoms with E-state index in [0.717, 1.165) is 23.6 Å². The molecular weight excluding hydrogens is 344 g/mol. The first-order chi connectivity index (χ1) is 12.8. The molecule has 0 amide bonds. The third kappa shape index (κ3) is 4.42. The number of benzene rings is 1. The van der Waals surface area contributed by atoms with Gasteiger partial charge in [-0.25, -0.2) is 4.79 Å². The minimum Gasteiger partial charge on any atom is -0.488 e. The van der Waals surface area contributed by atoms with Crippen LogP contribution >= 0.6 is 0 Å². The Morgan fingerprint density at radius 2 is 2.00 bits per heavy atom. The number of allylic oxidation sites excluding steroid dienone is 1. The van der Waals surface area contributed by atoms with Gasteiger partial charge in [-0.2, -0.15) is 0 Å². The molecule has 0 saturated heterocycles. The number of hydrogen-bond donors (Lipinski definition) is 1. The average Bonchev–Trinajstić information content (AvgIpc) is 3.06. The van der Waals surface area contributed by atoms with Crippen LogP contribution in [-0.4, -0.2) is 17.3 Å². The van der Waals surface area contributed by atoms with Gasteiger partial charge in [0.25, 0.3) is 0 Å². The summed E-state index contributed by atoms with van der Waals surface area (Å²) in [6.45, 7) is 8.21. The van der Waals surface area contributed by atoms with Gasteiger partial charge in [0.1, 0.15) is 23.5 Å². The highest BCUT2D eigenvalue weighted by Gasteiger charge is 2.21. The lowest BCUT2D eigenvalue weighted by Gasteiger charge is -2.25. The fourth-order valence-corrected chi connectivity index (χ4v) is 2.93. The van der Waals surface area contributed by atoms with Gasteiger partial charge in [0.2, 0.25) is 0 Å². The van der Waals surface area contributed by atoms with Crippen LogP contribution in [0, 0.1) is 5.92 Å². The first-order valence-corrected chi connectivity index (χ1v) is 9.20. The molecule has 0 bridgehead atoms. The number of hydrogen-bond acceptors (Lipinski definition) is 5. The van der Waals surface area contributed by atoms with E-state index in [4.69, 9.17) is 13.6 Å². The highest BCUT2D eigenvalue weighted by atomic mass is 16.5. The molecule has 0 aliphatic heterocycles. The molecular formula is C22H26O5. The van der Waals surface area contributed by atoms with Crippen molar-refractivity contribution in [3.05, 3.63) is 52.6 Å². The summed E-state index contributed by atoms with van der Waals surface area (Å²) in [6.07, 6.45) is 5.45. The summed E-state index contributed by atoms with van der Waals surface area (Å²) in [7, 11) is 0. The molecule has 5 nitrogen and oxygen atoms in total. The molecule has 0 fully saturated rings. The van der Waals surface area contributed by atoms with Crippen molar-refractivity contribution in [1.82, 2.24) is 0 Å². The third-order valence-corrected chi connectivity index (χ3v) is 5.15. The average molecular weight is 370 g/mol. The molecule has 2 heterocycles. The van der Waals surface area contributed by atoms with Crippen LogP contribution in [0.2, 0.25) is 0 Å². The van der Waals surface area contributed by atoms with Gasteiger partial charge in [0.05, 0.1) is 22.6 Å². The van der Waals surface area contributed by atoms with Crippen LogP contribution in [0.15, 0.2) is 55.8 Å². The van der Waals surface area contributed by atoms with Crippen LogP contribution in [0.25, 0.3) is 21.9 Å². The maximum atomic E-state index is 11.5. The molecule has 1 N–H and O–H groups in total. The molecule has 1 atom stereocenters. The number of fused-ring (bicyclic) bond motifs is 2. The first-order valence-electron chi connectivity index (χ1n) is 9.20. The topological polar surface area (TPSA) is 72.8 Å². The second-order valence-electron chi connectivity index (χ2n) is 7.66. The van der Waals surface area contributed by atoms with Gasteiger partial charge < -0.3 is 18.7 Å². The molecule has 0 spiro atoms. The number of ether oxygens (including phenoxy) is 1. The van der Waals surface area contributed by atoms with Crippen LogP contribution in [0.1, 0.15) is 40.5 Å². The Labute approximate surface area is 158 Å². The van der Waals surface area contributed by atoms with E-state index < -0.39 is 11.2 Å². The van der Waals surface area contributed by atoms with Crippen LogP contribution in [-0.2, 0) is 0 Å². The molecule has 0 unspecified atom stereocenters. The zero-order valence-electron chi connectivity index (χ0n) is 16.2. The lowest BCUT2D eigenvalue weighted by Crippen LogP contribution is -2.28. The fourth-order valence-electron chi connectivity index (χ4n) is 2.93. The van der Waals surface area contributed by atoms with Crippen molar-refractivity contribution >= 4 is 21.9 Å². The Morgan fingerprint density at radius 3 is 2.74 bits per heavy atom. The van der Waals surface area contributed by atoms with Gasteiger partial charge in [-0.1, -0.05) is 12.5 Å². The summed E-state index contributed by atoms with van der Waals surface area (Å²) in [4.78, 5) is 11.5. The molecule has 144 valence electrons. The van der Waals surface area contributed by atoms with E-state index in [1.807, 2.05) is 26.0 Å². The van der Waals surface area contributed by atoms with E-state index in [1.54, 1.807) is 18.4 Å². The zero-order valence-corrected chi connectivity index (χ0v) is 16.2. The first kappa shape index (κ1) is 19.2. The van der Waals surface area contributed by atoms with Crippen molar-refractivity contribution in [3.63, 3.8) is 0 Å². The van der Waals surface area contributed by atoms with Crippen molar-refractivity contribution in [2.75, 3.05) is 6.61 Å². The van der Waals surface area contributed by atoms with Crippen LogP contribution < -0.4 is 10.4 Å². The zero-order chi connectivity index (χ0) is 19.6. The molecule has 0 radical (unpaired) electrons. The van der Waals surface area contributed by atoms with Gasteiger partial charge in [-0.15, -0.1) is 0 Å². The smallest absolute Gasteiger partial charge is 0.336 e. The number of aliphatic hydroxyl groups is 1. The molecule has 2 aromatic heterocycles. The summed E-state index contributed by atoms with van der Waals surface area (Å²) in [5.74, 6) is 0.863. The Kier molecular flexibility index (Phi) is 5.42. The summed E-state index contributed by atoms with van der Waals surface area (Å²) >= 11 is 0. The molecule has 3 rings (SSSR count). The van der Waals surface area contributed by atoms with Crippen molar-refractivity contribution in [2.24, 2.45) is 5.92 Å². The lowest BCUT2D eigenvalue weighted by atomic mass is 9.88. The summed E-state index contributed by atoms with van der Waals surface area (Å²) in [6, 6.07) is 6.65. The molecule has 0 aliphatic carbocycles. The number of rotatable bonds is 7. The predicted molar refractivity (Wildman–Crippen MR) is 106 cm³/mol. The quantitative estimate of drug-likeness (QED) is 0.465.